The molecule has 1 amide bonds. The molecule has 0 radical (unpaired) electrons. The molecule has 0 fully saturated rings. The van der Waals surface area contributed by atoms with Gasteiger partial charge in [0.15, 0.2) is 5.69 Å². The number of aromatic nitrogens is 5. The van der Waals surface area contributed by atoms with Crippen molar-refractivity contribution < 1.29 is 19.5 Å². The number of aromatic hydroxyl groups is 1. The topological polar surface area (TPSA) is 204 Å². The number of hydrogen-bond acceptors (Lipinski definition) is 12. The third-order valence-electron chi connectivity index (χ3n) is 4.51. The molecule has 0 spiro atoms. The van der Waals surface area contributed by atoms with Gasteiger partial charge in [-0.25, -0.2) is 10.1 Å². The van der Waals surface area contributed by atoms with E-state index in [1.807, 2.05) is 18.7 Å². The van der Waals surface area contributed by atoms with Crippen molar-refractivity contribution in [2.24, 2.45) is 5.10 Å². The Kier molecular flexibility index (Phi) is 6.69. The standard InChI is InChI=1S/C17H20N10O5/c1-3-25(4-2)9-12-14(26(24-20-12)16-15(18)22-32-23-16)17(29)21-19-8-10-7-11(27(30)31)5-6-13(10)28/h5-8,28H,3-4,9H2,1-2H3,(H2,18,22)(H,21,29). The minimum atomic E-state index is -0.708. The number of phenols is 1. The number of non-ortho nitro benzene ring substituents is 1. The van der Waals surface area contributed by atoms with Crippen molar-refractivity contribution >= 4 is 23.6 Å². The zero-order valence-electron chi connectivity index (χ0n) is 17.2. The van der Waals surface area contributed by atoms with Gasteiger partial charge >= 0.3 is 0 Å². The molecule has 4 N–H and O–H groups in total. The number of nitrogens with zero attached hydrogens (tertiary/aromatic N) is 8. The molecule has 0 saturated carbocycles. The normalized spacial score (nSPS) is 11.3. The van der Waals surface area contributed by atoms with Gasteiger partial charge in [0.05, 0.1) is 11.1 Å². The molecule has 2 heterocycles. The van der Waals surface area contributed by atoms with Crippen LogP contribution in [0.2, 0.25) is 0 Å². The first-order valence-corrected chi connectivity index (χ1v) is 9.41. The van der Waals surface area contributed by atoms with Crippen LogP contribution in [0, 0.1) is 10.1 Å². The summed E-state index contributed by atoms with van der Waals surface area (Å²) < 4.78 is 5.67. The van der Waals surface area contributed by atoms with Crippen molar-refractivity contribution in [1.82, 2.24) is 35.6 Å². The number of phenolic OH excluding ortho intramolecular Hbond substituents is 1. The van der Waals surface area contributed by atoms with Crippen molar-refractivity contribution in [3.63, 3.8) is 0 Å². The summed E-state index contributed by atoms with van der Waals surface area (Å²) >= 11 is 0. The van der Waals surface area contributed by atoms with E-state index in [4.69, 9.17) is 5.73 Å². The van der Waals surface area contributed by atoms with E-state index in [0.717, 1.165) is 29.1 Å². The van der Waals surface area contributed by atoms with Gasteiger partial charge in [-0.1, -0.05) is 19.1 Å². The lowest BCUT2D eigenvalue weighted by atomic mass is 10.2. The Bertz CT molecular complexity index is 1150. The van der Waals surface area contributed by atoms with Gasteiger partial charge in [-0.15, -0.1) is 5.10 Å². The molecule has 15 heteroatoms. The van der Waals surface area contributed by atoms with Crippen LogP contribution in [0.3, 0.4) is 0 Å². The number of nitrogens with one attached hydrogen (secondary N) is 1. The van der Waals surface area contributed by atoms with E-state index in [1.54, 1.807) is 0 Å². The molecular weight excluding hydrogens is 424 g/mol. The molecule has 168 valence electrons. The molecule has 0 aliphatic heterocycles. The average molecular weight is 444 g/mol. The molecular formula is C17H20N10O5. The van der Waals surface area contributed by atoms with Gasteiger partial charge in [-0.05, 0) is 29.5 Å². The molecule has 1 aromatic carbocycles. The van der Waals surface area contributed by atoms with E-state index in [0.29, 0.717) is 25.3 Å². The van der Waals surface area contributed by atoms with Gasteiger partial charge < -0.3 is 10.8 Å². The van der Waals surface area contributed by atoms with Crippen molar-refractivity contribution in [2.75, 3.05) is 18.8 Å². The fraction of sp³-hybridized carbons (Fsp3) is 0.294. The smallest absolute Gasteiger partial charge is 0.292 e. The van der Waals surface area contributed by atoms with Crippen molar-refractivity contribution in [1.29, 1.82) is 0 Å². The number of nitro benzene ring substituents is 1. The molecule has 0 atom stereocenters. The van der Waals surface area contributed by atoms with Crippen LogP contribution >= 0.6 is 0 Å². The second-order valence-corrected chi connectivity index (χ2v) is 6.43. The number of benzene rings is 1. The highest BCUT2D eigenvalue weighted by Gasteiger charge is 2.25. The van der Waals surface area contributed by atoms with Gasteiger partial charge in [0.1, 0.15) is 11.4 Å². The van der Waals surface area contributed by atoms with Crippen LogP contribution in [-0.2, 0) is 6.54 Å². The predicted octanol–water partition coefficient (Wildman–Crippen LogP) is 0.452. The predicted molar refractivity (Wildman–Crippen MR) is 110 cm³/mol. The molecule has 2 aromatic heterocycles. The van der Waals surface area contributed by atoms with Gasteiger partial charge in [-0.3, -0.25) is 19.8 Å². The summed E-state index contributed by atoms with van der Waals surface area (Å²) in [5.74, 6) is -1.07. The largest absolute Gasteiger partial charge is 0.507 e. The van der Waals surface area contributed by atoms with Crippen LogP contribution in [0.4, 0.5) is 11.5 Å². The number of rotatable bonds is 9. The van der Waals surface area contributed by atoms with E-state index in [2.05, 4.69) is 35.8 Å². The zero-order chi connectivity index (χ0) is 23.3. The second-order valence-electron chi connectivity index (χ2n) is 6.43. The fourth-order valence-corrected chi connectivity index (χ4v) is 2.76. The SMILES string of the molecule is CCN(CC)Cc1nnn(-c2nonc2N)c1C(=O)NN=Cc1cc([N+](=O)[O-])ccc1O. The highest BCUT2D eigenvalue weighted by molar-refractivity contribution is 5.95. The number of carbonyl (C=O) groups is 1. The fourth-order valence-electron chi connectivity index (χ4n) is 2.76. The molecule has 3 aromatic rings. The Morgan fingerprint density at radius 3 is 2.78 bits per heavy atom. The van der Waals surface area contributed by atoms with Crippen LogP contribution in [0.5, 0.6) is 5.75 Å². The minimum absolute atomic E-state index is 0.000265. The van der Waals surface area contributed by atoms with Gasteiger partial charge in [-0.2, -0.15) is 9.78 Å². The number of anilines is 1. The lowest BCUT2D eigenvalue weighted by Crippen LogP contribution is -2.27. The van der Waals surface area contributed by atoms with E-state index in [9.17, 15) is 20.0 Å². The maximum atomic E-state index is 12.9. The number of carbonyl (C=O) groups excluding carboxylic acids is 1. The van der Waals surface area contributed by atoms with Crippen molar-refractivity contribution in [2.45, 2.75) is 20.4 Å². The monoisotopic (exact) mass is 444 g/mol. The van der Waals surface area contributed by atoms with E-state index in [-0.39, 0.29) is 34.3 Å². The first-order valence-electron chi connectivity index (χ1n) is 9.41. The maximum absolute atomic E-state index is 12.9. The summed E-state index contributed by atoms with van der Waals surface area (Å²) in [6.45, 7) is 5.66. The van der Waals surface area contributed by atoms with Gasteiger partial charge in [0, 0.05) is 24.2 Å². The molecule has 15 nitrogen and oxygen atoms in total. The Morgan fingerprint density at radius 2 is 2.16 bits per heavy atom. The molecule has 0 unspecified atom stereocenters. The highest BCUT2D eigenvalue weighted by atomic mass is 16.6. The van der Waals surface area contributed by atoms with Crippen molar-refractivity contribution in [3.05, 3.63) is 45.3 Å². The lowest BCUT2D eigenvalue weighted by Gasteiger charge is -2.16. The summed E-state index contributed by atoms with van der Waals surface area (Å²) in [6, 6.07) is 3.42. The Labute approximate surface area is 180 Å². The van der Waals surface area contributed by atoms with Crippen LogP contribution < -0.4 is 11.2 Å². The number of amides is 1. The Morgan fingerprint density at radius 1 is 1.41 bits per heavy atom. The molecule has 0 aliphatic rings. The van der Waals surface area contributed by atoms with E-state index >= 15 is 0 Å². The average Bonchev–Trinajstić information content (AvgIpc) is 3.38. The molecule has 0 aliphatic carbocycles. The third kappa shape index (κ3) is 4.67. The summed E-state index contributed by atoms with van der Waals surface area (Å²) in [4.78, 5) is 25.2. The summed E-state index contributed by atoms with van der Waals surface area (Å²) in [5.41, 5.74) is 8.15. The first kappa shape index (κ1) is 22.3. The Hall–Kier alpha value is -4.40. The summed E-state index contributed by atoms with van der Waals surface area (Å²) in [5, 5.41) is 39.7. The third-order valence-corrected chi connectivity index (χ3v) is 4.51. The number of hydrazone groups is 1. The number of nitrogens with two attached hydrogens (primary N) is 1. The lowest BCUT2D eigenvalue weighted by molar-refractivity contribution is -0.384. The molecule has 3 rings (SSSR count). The first-order chi connectivity index (χ1) is 15.3. The zero-order valence-corrected chi connectivity index (χ0v) is 17.2. The number of nitro groups is 1. The van der Waals surface area contributed by atoms with Gasteiger partial charge in [0.2, 0.25) is 11.6 Å². The van der Waals surface area contributed by atoms with Gasteiger partial charge in [0.25, 0.3) is 11.6 Å². The molecule has 0 bridgehead atoms. The molecule has 0 saturated heterocycles. The quantitative estimate of drug-likeness (QED) is 0.235. The highest BCUT2D eigenvalue weighted by Crippen LogP contribution is 2.21. The van der Waals surface area contributed by atoms with E-state index < -0.39 is 10.8 Å². The summed E-state index contributed by atoms with van der Waals surface area (Å²) in [7, 11) is 0. The number of hydrogen-bond donors (Lipinski definition) is 3. The van der Waals surface area contributed by atoms with Crippen molar-refractivity contribution in [3.8, 4) is 11.6 Å². The van der Waals surface area contributed by atoms with Crippen LogP contribution in [-0.4, -0.2) is 65.4 Å². The van der Waals surface area contributed by atoms with E-state index in [1.165, 1.54) is 0 Å². The summed E-state index contributed by atoms with van der Waals surface area (Å²) in [6.07, 6.45) is 1.07. The Balaban J connectivity index is 1.90. The maximum Gasteiger partial charge on any atom is 0.292 e. The van der Waals surface area contributed by atoms with Crippen LogP contribution in [0.15, 0.2) is 27.9 Å². The van der Waals surface area contributed by atoms with Crippen LogP contribution in [0.1, 0.15) is 35.6 Å². The molecule has 32 heavy (non-hydrogen) atoms. The second kappa shape index (κ2) is 9.61. The van der Waals surface area contributed by atoms with Crippen LogP contribution in [0.25, 0.3) is 5.82 Å². The minimum Gasteiger partial charge on any atom is -0.507 e. The number of nitrogen functional groups attached to an aromatic ring is 1.